The average molecular weight is 260 g/mol. The van der Waals surface area contributed by atoms with Gasteiger partial charge >= 0.3 is 0 Å². The van der Waals surface area contributed by atoms with E-state index in [0.717, 1.165) is 44.4 Å². The highest BCUT2D eigenvalue weighted by Crippen LogP contribution is 2.32. The third kappa shape index (κ3) is 1.26. The van der Waals surface area contributed by atoms with E-state index >= 15 is 0 Å². The minimum absolute atomic E-state index is 0.695. The van der Waals surface area contributed by atoms with Crippen molar-refractivity contribution in [3.8, 4) is 0 Å². The molecule has 0 unspecified atom stereocenters. The molecule has 0 aliphatic heterocycles. The molecule has 2 heterocycles. The molecular weight excluding hydrogens is 248 g/mol. The molecule has 0 spiro atoms. The number of hydrogen-bond donors (Lipinski definition) is 2. The summed E-state index contributed by atoms with van der Waals surface area (Å²) in [6.45, 7) is 3.83. The highest BCUT2D eigenvalue weighted by molar-refractivity contribution is 6.18. The fourth-order valence-electron chi connectivity index (χ4n) is 2.92. The standard InChI is InChI=1S/C17H12N2O/c1-2-10-7-18-16-12(10)3-5-15-14(16)6-4-13-11(9-20)8-19-17(13)15/h2-9,18-19H,1H2. The quantitative estimate of drug-likeness (QED) is 0.520. The van der Waals surface area contributed by atoms with Gasteiger partial charge in [-0.25, -0.2) is 0 Å². The number of nitrogens with one attached hydrogen (secondary N) is 2. The molecule has 0 fully saturated rings. The Bertz CT molecular complexity index is 907. The molecule has 0 aliphatic carbocycles. The van der Waals surface area contributed by atoms with Crippen molar-refractivity contribution in [1.82, 2.24) is 9.97 Å². The zero-order chi connectivity index (χ0) is 13.7. The molecule has 3 heteroatoms. The van der Waals surface area contributed by atoms with Gasteiger partial charge in [0.15, 0.2) is 6.29 Å². The van der Waals surface area contributed by atoms with E-state index in [1.165, 1.54) is 0 Å². The maximum Gasteiger partial charge on any atom is 0.152 e. The molecule has 0 saturated carbocycles. The lowest BCUT2D eigenvalue weighted by molar-refractivity contribution is 0.112. The molecule has 2 N–H and O–H groups in total. The first-order valence-electron chi connectivity index (χ1n) is 6.45. The van der Waals surface area contributed by atoms with Crippen LogP contribution in [0.3, 0.4) is 0 Å². The topological polar surface area (TPSA) is 48.6 Å². The average Bonchev–Trinajstić information content (AvgIpc) is 3.09. The van der Waals surface area contributed by atoms with Crippen LogP contribution >= 0.6 is 0 Å². The van der Waals surface area contributed by atoms with Gasteiger partial charge in [0.1, 0.15) is 0 Å². The van der Waals surface area contributed by atoms with Crippen LogP contribution in [0.1, 0.15) is 15.9 Å². The fourth-order valence-corrected chi connectivity index (χ4v) is 2.92. The summed E-state index contributed by atoms with van der Waals surface area (Å²) >= 11 is 0. The Morgan fingerprint density at radius 3 is 1.85 bits per heavy atom. The van der Waals surface area contributed by atoms with Crippen LogP contribution in [0.4, 0.5) is 0 Å². The monoisotopic (exact) mass is 260 g/mol. The number of rotatable bonds is 2. The van der Waals surface area contributed by atoms with Crippen molar-refractivity contribution < 1.29 is 4.79 Å². The van der Waals surface area contributed by atoms with Crippen LogP contribution in [-0.4, -0.2) is 16.3 Å². The third-order valence-electron chi connectivity index (χ3n) is 3.91. The number of hydrogen-bond acceptors (Lipinski definition) is 1. The first-order chi connectivity index (χ1) is 9.83. The number of benzene rings is 2. The minimum Gasteiger partial charge on any atom is -0.360 e. The minimum atomic E-state index is 0.695. The lowest BCUT2D eigenvalue weighted by Gasteiger charge is -2.02. The zero-order valence-corrected chi connectivity index (χ0v) is 10.7. The number of carbonyl (C=O) groups excluding carboxylic acids is 1. The molecule has 4 aromatic rings. The number of aromatic nitrogens is 2. The van der Waals surface area contributed by atoms with E-state index in [0.29, 0.717) is 5.56 Å². The fraction of sp³-hybridized carbons (Fsp3) is 0. The molecule has 0 saturated heterocycles. The first-order valence-corrected chi connectivity index (χ1v) is 6.45. The highest BCUT2D eigenvalue weighted by atomic mass is 16.1. The van der Waals surface area contributed by atoms with Crippen molar-refractivity contribution in [3.05, 3.63) is 54.4 Å². The molecule has 3 nitrogen and oxygen atoms in total. The van der Waals surface area contributed by atoms with Gasteiger partial charge in [-0.1, -0.05) is 36.9 Å². The summed E-state index contributed by atoms with van der Waals surface area (Å²) in [5.41, 5.74) is 3.89. The predicted octanol–water partition coefficient (Wildman–Crippen LogP) is 4.26. The van der Waals surface area contributed by atoms with E-state index in [-0.39, 0.29) is 0 Å². The second-order valence-electron chi connectivity index (χ2n) is 4.88. The zero-order valence-electron chi connectivity index (χ0n) is 10.7. The van der Waals surface area contributed by atoms with Gasteiger partial charge in [0.2, 0.25) is 0 Å². The van der Waals surface area contributed by atoms with Crippen LogP contribution in [0.5, 0.6) is 0 Å². The number of aldehydes is 1. The molecule has 0 bridgehead atoms. The summed E-state index contributed by atoms with van der Waals surface area (Å²) in [6, 6.07) is 8.23. The number of carbonyl (C=O) groups is 1. The van der Waals surface area contributed by atoms with Gasteiger partial charge in [0, 0.05) is 39.5 Å². The number of aromatic amines is 2. The van der Waals surface area contributed by atoms with Crippen LogP contribution in [0, 0.1) is 0 Å². The van der Waals surface area contributed by atoms with E-state index in [4.69, 9.17) is 0 Å². The predicted molar refractivity (Wildman–Crippen MR) is 83.1 cm³/mol. The second-order valence-corrected chi connectivity index (χ2v) is 4.88. The number of H-pyrrole nitrogens is 2. The Kier molecular flexibility index (Phi) is 2.12. The summed E-state index contributed by atoms with van der Waals surface area (Å²) in [4.78, 5) is 17.6. The van der Waals surface area contributed by atoms with E-state index in [1.807, 2.05) is 18.3 Å². The summed E-state index contributed by atoms with van der Waals surface area (Å²) < 4.78 is 0. The summed E-state index contributed by atoms with van der Waals surface area (Å²) in [7, 11) is 0. The van der Waals surface area contributed by atoms with Gasteiger partial charge in [-0.05, 0) is 5.56 Å². The Morgan fingerprint density at radius 2 is 1.30 bits per heavy atom. The van der Waals surface area contributed by atoms with Crippen molar-refractivity contribution >= 4 is 44.9 Å². The summed E-state index contributed by atoms with van der Waals surface area (Å²) in [5.74, 6) is 0. The third-order valence-corrected chi connectivity index (χ3v) is 3.91. The van der Waals surface area contributed by atoms with Gasteiger partial charge in [0.05, 0.1) is 11.0 Å². The van der Waals surface area contributed by atoms with Crippen LogP contribution in [0.15, 0.2) is 43.2 Å². The van der Waals surface area contributed by atoms with Gasteiger partial charge in [-0.3, -0.25) is 4.79 Å². The molecule has 0 radical (unpaired) electrons. The van der Waals surface area contributed by atoms with E-state index in [9.17, 15) is 4.79 Å². The Labute approximate surface area is 114 Å². The molecule has 96 valence electrons. The van der Waals surface area contributed by atoms with Crippen molar-refractivity contribution in [2.24, 2.45) is 0 Å². The normalized spacial score (nSPS) is 11.4. The van der Waals surface area contributed by atoms with Crippen LogP contribution in [0.2, 0.25) is 0 Å². The van der Waals surface area contributed by atoms with Gasteiger partial charge in [-0.2, -0.15) is 0 Å². The van der Waals surface area contributed by atoms with Gasteiger partial charge < -0.3 is 9.97 Å². The second kappa shape index (κ2) is 3.84. The SMILES string of the molecule is C=Cc1c[nH]c2c1ccc1c2ccc2c(C=O)c[nH]c21. The Morgan fingerprint density at radius 1 is 0.800 bits per heavy atom. The maximum absolute atomic E-state index is 11.0. The maximum atomic E-state index is 11.0. The van der Waals surface area contributed by atoms with Crippen LogP contribution in [-0.2, 0) is 0 Å². The molecule has 20 heavy (non-hydrogen) atoms. The largest absolute Gasteiger partial charge is 0.360 e. The Balaban J connectivity index is 2.21. The van der Waals surface area contributed by atoms with Crippen molar-refractivity contribution in [3.63, 3.8) is 0 Å². The lowest BCUT2D eigenvalue weighted by atomic mass is 10.0. The summed E-state index contributed by atoms with van der Waals surface area (Å²) in [5, 5.41) is 4.37. The molecule has 0 aliphatic rings. The van der Waals surface area contributed by atoms with E-state index in [1.54, 1.807) is 6.20 Å². The molecule has 2 aromatic carbocycles. The van der Waals surface area contributed by atoms with E-state index < -0.39 is 0 Å². The summed E-state index contributed by atoms with van der Waals surface area (Å²) in [6.07, 6.45) is 6.45. The highest BCUT2D eigenvalue weighted by Gasteiger charge is 2.10. The van der Waals surface area contributed by atoms with Crippen molar-refractivity contribution in [1.29, 1.82) is 0 Å². The molecule has 0 atom stereocenters. The van der Waals surface area contributed by atoms with Gasteiger partial charge in [-0.15, -0.1) is 0 Å². The smallest absolute Gasteiger partial charge is 0.152 e. The first kappa shape index (κ1) is 11.1. The van der Waals surface area contributed by atoms with Gasteiger partial charge in [0.25, 0.3) is 0 Å². The molecular formula is C17H12N2O. The number of fused-ring (bicyclic) bond motifs is 5. The van der Waals surface area contributed by atoms with Crippen LogP contribution in [0.25, 0.3) is 38.7 Å². The van der Waals surface area contributed by atoms with E-state index in [2.05, 4.69) is 34.7 Å². The van der Waals surface area contributed by atoms with Crippen molar-refractivity contribution in [2.75, 3.05) is 0 Å². The molecule has 4 rings (SSSR count). The molecule has 0 amide bonds. The Hall–Kier alpha value is -2.81. The molecule has 2 aromatic heterocycles. The lowest BCUT2D eigenvalue weighted by Crippen LogP contribution is -1.80. The van der Waals surface area contributed by atoms with Crippen molar-refractivity contribution in [2.45, 2.75) is 0 Å². The van der Waals surface area contributed by atoms with Crippen LogP contribution < -0.4 is 0 Å².